The van der Waals surface area contributed by atoms with E-state index in [2.05, 4.69) is 6.92 Å². The fourth-order valence-electron chi connectivity index (χ4n) is 2.70. The van der Waals surface area contributed by atoms with E-state index in [1.807, 2.05) is 0 Å². The van der Waals surface area contributed by atoms with Crippen molar-refractivity contribution in [1.82, 2.24) is 0 Å². The second kappa shape index (κ2) is 13.2. The van der Waals surface area contributed by atoms with Crippen LogP contribution in [0.2, 0.25) is 0 Å². The van der Waals surface area contributed by atoms with Crippen LogP contribution in [0.5, 0.6) is 0 Å². The summed E-state index contributed by atoms with van der Waals surface area (Å²) >= 11 is 4.70. The van der Waals surface area contributed by atoms with Crippen molar-refractivity contribution in [3.63, 3.8) is 0 Å². The zero-order chi connectivity index (χ0) is 17.7. The predicted molar refractivity (Wildman–Crippen MR) is 99.4 cm³/mol. The molecule has 0 aromatic rings. The number of carbonyl (C=O) groups is 1. The Kier molecular flexibility index (Phi) is 12.2. The number of rotatable bonds is 14. The molecule has 0 bridgehead atoms. The molecule has 1 saturated heterocycles. The molecule has 0 aromatic heterocycles. The number of unbranched alkanes of at least 4 members (excludes halogenated alkanes) is 10. The van der Waals surface area contributed by atoms with E-state index in [-0.39, 0.29) is 19.2 Å². The number of esters is 1. The highest BCUT2D eigenvalue weighted by Gasteiger charge is 2.31. The average Bonchev–Trinajstić information content (AvgIpc) is 2.90. The highest BCUT2D eigenvalue weighted by atomic mass is 32.5. The van der Waals surface area contributed by atoms with E-state index in [1.165, 1.54) is 57.8 Å². The molecule has 2 unspecified atom stereocenters. The van der Waals surface area contributed by atoms with Gasteiger partial charge in [-0.2, -0.15) is 0 Å². The highest BCUT2D eigenvalue weighted by molar-refractivity contribution is 8.07. The monoisotopic (exact) mass is 380 g/mol. The Morgan fingerprint density at radius 2 is 1.62 bits per heavy atom. The van der Waals surface area contributed by atoms with Gasteiger partial charge in [0.2, 0.25) is 0 Å². The molecule has 1 N–H and O–H groups in total. The first-order valence-electron chi connectivity index (χ1n) is 9.35. The molecule has 1 rings (SSSR count). The lowest BCUT2D eigenvalue weighted by molar-refractivity contribution is -0.146. The smallest absolute Gasteiger partial charge is 0.325 e. The maximum Gasteiger partial charge on any atom is 0.325 e. The van der Waals surface area contributed by atoms with Gasteiger partial charge in [0, 0.05) is 6.42 Å². The van der Waals surface area contributed by atoms with E-state index in [9.17, 15) is 9.69 Å². The van der Waals surface area contributed by atoms with Crippen molar-refractivity contribution in [2.75, 3.05) is 13.2 Å². The summed E-state index contributed by atoms with van der Waals surface area (Å²) in [5, 5.41) is 0. The molecule has 1 aliphatic heterocycles. The molecule has 0 aliphatic carbocycles. The van der Waals surface area contributed by atoms with E-state index < -0.39 is 12.8 Å². The van der Waals surface area contributed by atoms with Crippen LogP contribution in [-0.4, -0.2) is 30.2 Å². The predicted octanol–water partition coefficient (Wildman–Crippen LogP) is 4.86. The minimum absolute atomic E-state index is 0.107. The van der Waals surface area contributed by atoms with Gasteiger partial charge in [-0.3, -0.25) is 9.32 Å². The summed E-state index contributed by atoms with van der Waals surface area (Å²) in [5.41, 5.74) is 0. The van der Waals surface area contributed by atoms with Gasteiger partial charge in [0.05, 0.1) is 6.61 Å². The van der Waals surface area contributed by atoms with Gasteiger partial charge in [-0.15, -0.1) is 0 Å². The Morgan fingerprint density at radius 1 is 1.08 bits per heavy atom. The third kappa shape index (κ3) is 11.5. The van der Waals surface area contributed by atoms with E-state index in [0.717, 1.165) is 12.8 Å². The first kappa shape index (κ1) is 22.0. The summed E-state index contributed by atoms with van der Waals surface area (Å²) in [6.07, 6.45) is 13.8. The zero-order valence-corrected chi connectivity index (χ0v) is 16.6. The summed E-state index contributed by atoms with van der Waals surface area (Å²) in [6.45, 7) is -0.520. The van der Waals surface area contributed by atoms with Crippen molar-refractivity contribution in [3.8, 4) is 0 Å². The molecule has 1 heterocycles. The third-order valence-corrected chi connectivity index (χ3v) is 5.73. The Balaban J connectivity index is 1.84. The molecule has 0 spiro atoms. The van der Waals surface area contributed by atoms with Crippen LogP contribution in [0.4, 0.5) is 0 Å². The summed E-state index contributed by atoms with van der Waals surface area (Å²) in [5.74, 6) is -0.215. The fraction of sp³-hybridized carbons (Fsp3) is 0.941. The lowest BCUT2D eigenvalue weighted by atomic mass is 10.1. The molecule has 1 aliphatic rings. The Bertz CT molecular complexity index is 391. The average molecular weight is 380 g/mol. The van der Waals surface area contributed by atoms with Crippen LogP contribution in [0.3, 0.4) is 0 Å². The SMILES string of the molecule is CCCCCCCCCCCCCC(=O)OCC1COP(O)(=S)O1. The van der Waals surface area contributed by atoms with Crippen molar-refractivity contribution in [3.05, 3.63) is 0 Å². The third-order valence-electron chi connectivity index (χ3n) is 4.12. The Hall–Kier alpha value is -0.0000000000000000763. The summed E-state index contributed by atoms with van der Waals surface area (Å²) < 4.78 is 15.1. The molecular formula is C17H33O5PS. The van der Waals surface area contributed by atoms with Gasteiger partial charge in [0.25, 0.3) is 0 Å². The van der Waals surface area contributed by atoms with Crippen molar-refractivity contribution in [2.45, 2.75) is 90.1 Å². The number of hydrogen-bond donors (Lipinski definition) is 1. The minimum atomic E-state index is -3.07. The number of hydrogen-bond acceptors (Lipinski definition) is 5. The molecule has 5 nitrogen and oxygen atoms in total. The van der Waals surface area contributed by atoms with E-state index in [0.29, 0.717) is 6.42 Å². The summed E-state index contributed by atoms with van der Waals surface area (Å²) in [6, 6.07) is 0. The maximum absolute atomic E-state index is 11.6. The molecule has 1 fully saturated rings. The van der Waals surface area contributed by atoms with Crippen LogP contribution in [0.15, 0.2) is 0 Å². The quantitative estimate of drug-likeness (QED) is 0.264. The summed E-state index contributed by atoms with van der Waals surface area (Å²) in [4.78, 5) is 21.0. The largest absolute Gasteiger partial charge is 0.463 e. The Labute approximate surface area is 151 Å². The van der Waals surface area contributed by atoms with Gasteiger partial charge in [0.15, 0.2) is 0 Å². The molecule has 0 aromatic carbocycles. The maximum atomic E-state index is 11.6. The normalized spacial score (nSPS) is 23.5. The molecule has 142 valence electrons. The van der Waals surface area contributed by atoms with Crippen molar-refractivity contribution in [2.24, 2.45) is 0 Å². The summed E-state index contributed by atoms with van der Waals surface area (Å²) in [7, 11) is 0. The lowest BCUT2D eigenvalue weighted by Gasteiger charge is -2.09. The van der Waals surface area contributed by atoms with Crippen molar-refractivity contribution < 1.29 is 23.5 Å². The van der Waals surface area contributed by atoms with Gasteiger partial charge in [-0.05, 0) is 18.2 Å². The van der Waals surface area contributed by atoms with Crippen LogP contribution in [0.25, 0.3) is 0 Å². The van der Waals surface area contributed by atoms with Gasteiger partial charge in [-0.25, -0.2) is 0 Å². The lowest BCUT2D eigenvalue weighted by Crippen LogP contribution is -2.20. The van der Waals surface area contributed by atoms with Gasteiger partial charge < -0.3 is 14.2 Å². The van der Waals surface area contributed by atoms with Gasteiger partial charge in [-0.1, -0.05) is 71.1 Å². The van der Waals surface area contributed by atoms with Crippen molar-refractivity contribution in [1.29, 1.82) is 0 Å². The number of ether oxygens (including phenoxy) is 1. The molecule has 0 saturated carbocycles. The van der Waals surface area contributed by atoms with Crippen LogP contribution >= 0.6 is 6.72 Å². The topological polar surface area (TPSA) is 65.0 Å². The first-order valence-corrected chi connectivity index (χ1v) is 11.9. The second-order valence-electron chi connectivity index (χ2n) is 6.46. The fourth-order valence-corrected chi connectivity index (χ4v) is 4.16. The molecule has 2 atom stereocenters. The molecule has 0 amide bonds. The van der Waals surface area contributed by atoms with Crippen LogP contribution in [-0.2, 0) is 30.4 Å². The van der Waals surface area contributed by atoms with E-state index in [4.69, 9.17) is 25.6 Å². The number of carbonyl (C=O) groups excluding carboxylic acids is 1. The Morgan fingerprint density at radius 3 is 2.12 bits per heavy atom. The van der Waals surface area contributed by atoms with Crippen LogP contribution in [0.1, 0.15) is 84.0 Å². The van der Waals surface area contributed by atoms with Crippen molar-refractivity contribution >= 4 is 24.5 Å². The molecular weight excluding hydrogens is 347 g/mol. The zero-order valence-electron chi connectivity index (χ0n) is 14.9. The van der Waals surface area contributed by atoms with Gasteiger partial charge >= 0.3 is 12.7 Å². The highest BCUT2D eigenvalue weighted by Crippen LogP contribution is 2.49. The van der Waals surface area contributed by atoms with Crippen LogP contribution < -0.4 is 0 Å². The van der Waals surface area contributed by atoms with E-state index >= 15 is 0 Å². The minimum Gasteiger partial charge on any atom is -0.463 e. The van der Waals surface area contributed by atoms with E-state index in [1.54, 1.807) is 0 Å². The molecule has 7 heteroatoms. The molecule has 24 heavy (non-hydrogen) atoms. The first-order chi connectivity index (χ1) is 11.5. The van der Waals surface area contributed by atoms with Gasteiger partial charge in [0.1, 0.15) is 12.7 Å². The molecule has 0 radical (unpaired) electrons. The second-order valence-corrected chi connectivity index (χ2v) is 9.25. The standard InChI is InChI=1S/C17H33O5PS/c1-2-3-4-5-6-7-8-9-10-11-12-13-17(18)20-14-16-15-21-23(19,24)22-16/h16H,2-15H2,1H3,(H,19,24). The van der Waals surface area contributed by atoms with Crippen LogP contribution in [0, 0.1) is 0 Å².